The van der Waals surface area contributed by atoms with Gasteiger partial charge in [0.15, 0.2) is 0 Å². The molecule has 132 valence electrons. The van der Waals surface area contributed by atoms with Crippen LogP contribution in [0.5, 0.6) is 0 Å². The lowest BCUT2D eigenvalue weighted by Gasteiger charge is -2.29. The van der Waals surface area contributed by atoms with Crippen molar-refractivity contribution in [3.05, 3.63) is 34.9 Å². The summed E-state index contributed by atoms with van der Waals surface area (Å²) in [5, 5.41) is 5.78. The fourth-order valence-electron chi connectivity index (χ4n) is 4.20. The molecule has 25 heavy (non-hydrogen) atoms. The zero-order valence-electron chi connectivity index (χ0n) is 14.2. The maximum absolute atomic E-state index is 12.7. The number of amides is 3. The Balaban J connectivity index is 1.54. The molecular weight excluding hydrogens is 318 g/mol. The van der Waals surface area contributed by atoms with Crippen molar-refractivity contribution in [3.63, 3.8) is 0 Å². The molecular formula is C19H23N3O3. The quantitative estimate of drug-likeness (QED) is 0.795. The Bertz CT molecular complexity index is 723. The summed E-state index contributed by atoms with van der Waals surface area (Å²) in [6.07, 6.45) is 4.14. The van der Waals surface area contributed by atoms with E-state index < -0.39 is 6.04 Å². The molecule has 0 spiro atoms. The number of hydrogen-bond donors (Lipinski definition) is 2. The molecule has 1 aromatic carbocycles. The maximum Gasteiger partial charge on any atom is 0.255 e. The summed E-state index contributed by atoms with van der Waals surface area (Å²) in [6.45, 7) is 2.56. The third-order valence-corrected chi connectivity index (χ3v) is 5.59. The molecule has 2 saturated heterocycles. The molecule has 1 unspecified atom stereocenters. The topological polar surface area (TPSA) is 78.5 Å². The molecule has 2 N–H and O–H groups in total. The van der Waals surface area contributed by atoms with Crippen molar-refractivity contribution >= 4 is 17.7 Å². The molecule has 0 radical (unpaired) electrons. The fraction of sp³-hybridized carbons (Fsp3) is 0.526. The standard InChI is InChI=1S/C19H23N3O3/c23-17-6-5-16(18(24)21-17)22-11-14-10-13(3-4-15(14)19(22)25)12-2-1-8-20-9-7-12/h3-4,10,12,16,20H,1-2,5-9,11H2,(H,21,23,24)/t12-,16?/m0/s1. The lowest BCUT2D eigenvalue weighted by molar-refractivity contribution is -0.136. The monoisotopic (exact) mass is 341 g/mol. The van der Waals surface area contributed by atoms with Crippen LogP contribution in [0.3, 0.4) is 0 Å². The third-order valence-electron chi connectivity index (χ3n) is 5.59. The number of nitrogens with zero attached hydrogens (tertiary/aromatic N) is 1. The maximum atomic E-state index is 12.7. The Kier molecular flexibility index (Phi) is 4.29. The van der Waals surface area contributed by atoms with E-state index in [2.05, 4.69) is 22.8 Å². The lowest BCUT2D eigenvalue weighted by Crippen LogP contribution is -2.52. The van der Waals surface area contributed by atoms with Gasteiger partial charge in [-0.2, -0.15) is 0 Å². The number of imide groups is 1. The average Bonchev–Trinajstić information content (AvgIpc) is 2.78. The summed E-state index contributed by atoms with van der Waals surface area (Å²) in [7, 11) is 0. The molecule has 0 aliphatic carbocycles. The van der Waals surface area contributed by atoms with Crippen LogP contribution in [0.2, 0.25) is 0 Å². The molecule has 3 aliphatic rings. The van der Waals surface area contributed by atoms with Crippen molar-refractivity contribution in [2.75, 3.05) is 13.1 Å². The Hall–Kier alpha value is -2.21. The Morgan fingerprint density at radius 1 is 1.04 bits per heavy atom. The van der Waals surface area contributed by atoms with Crippen LogP contribution in [0.15, 0.2) is 18.2 Å². The lowest BCUT2D eigenvalue weighted by atomic mass is 9.90. The van der Waals surface area contributed by atoms with Crippen molar-refractivity contribution < 1.29 is 14.4 Å². The Morgan fingerprint density at radius 2 is 1.92 bits per heavy atom. The molecule has 6 nitrogen and oxygen atoms in total. The van der Waals surface area contributed by atoms with E-state index in [0.717, 1.165) is 31.5 Å². The molecule has 0 bridgehead atoms. The molecule has 3 amide bonds. The Labute approximate surface area is 147 Å². The van der Waals surface area contributed by atoms with Crippen LogP contribution < -0.4 is 10.6 Å². The molecule has 6 heteroatoms. The summed E-state index contributed by atoms with van der Waals surface area (Å²) >= 11 is 0. The Morgan fingerprint density at radius 3 is 2.76 bits per heavy atom. The van der Waals surface area contributed by atoms with Gasteiger partial charge in [0.1, 0.15) is 6.04 Å². The van der Waals surface area contributed by atoms with Crippen LogP contribution in [-0.4, -0.2) is 41.8 Å². The highest BCUT2D eigenvalue weighted by Gasteiger charge is 2.39. The minimum absolute atomic E-state index is 0.0985. The van der Waals surface area contributed by atoms with Gasteiger partial charge in [-0.05, 0) is 61.9 Å². The minimum atomic E-state index is -0.539. The number of hydrogen-bond acceptors (Lipinski definition) is 4. The number of benzene rings is 1. The number of rotatable bonds is 2. The molecule has 3 aliphatic heterocycles. The largest absolute Gasteiger partial charge is 0.322 e. The molecule has 2 atom stereocenters. The summed E-state index contributed by atoms with van der Waals surface area (Å²) in [5.41, 5.74) is 2.99. The predicted molar refractivity (Wildman–Crippen MR) is 91.9 cm³/mol. The zero-order chi connectivity index (χ0) is 17.4. The molecule has 3 heterocycles. The summed E-state index contributed by atoms with van der Waals surface area (Å²) in [4.78, 5) is 37.8. The third kappa shape index (κ3) is 3.06. The van der Waals surface area contributed by atoms with Crippen LogP contribution >= 0.6 is 0 Å². The van der Waals surface area contributed by atoms with E-state index in [1.807, 2.05) is 6.07 Å². The van der Waals surface area contributed by atoms with Crippen LogP contribution in [-0.2, 0) is 16.1 Å². The average molecular weight is 341 g/mol. The summed E-state index contributed by atoms with van der Waals surface area (Å²) < 4.78 is 0. The van der Waals surface area contributed by atoms with E-state index >= 15 is 0 Å². The van der Waals surface area contributed by atoms with Gasteiger partial charge in [-0.15, -0.1) is 0 Å². The predicted octanol–water partition coefficient (Wildman–Crippen LogP) is 1.30. The van der Waals surface area contributed by atoms with E-state index in [-0.39, 0.29) is 24.1 Å². The van der Waals surface area contributed by atoms with Crippen LogP contribution in [0.4, 0.5) is 0 Å². The van der Waals surface area contributed by atoms with Crippen molar-refractivity contribution in [3.8, 4) is 0 Å². The second kappa shape index (κ2) is 6.59. The van der Waals surface area contributed by atoms with Gasteiger partial charge < -0.3 is 10.2 Å². The molecule has 4 rings (SSSR count). The minimum Gasteiger partial charge on any atom is -0.322 e. The van der Waals surface area contributed by atoms with Gasteiger partial charge in [-0.3, -0.25) is 19.7 Å². The highest BCUT2D eigenvalue weighted by Crippen LogP contribution is 2.32. The van der Waals surface area contributed by atoms with Crippen molar-refractivity contribution in [2.45, 2.75) is 50.6 Å². The first-order valence-electron chi connectivity index (χ1n) is 9.11. The number of carbonyl (C=O) groups excluding carboxylic acids is 3. The fourth-order valence-corrected chi connectivity index (χ4v) is 4.20. The highest BCUT2D eigenvalue weighted by atomic mass is 16.2. The van der Waals surface area contributed by atoms with Gasteiger partial charge >= 0.3 is 0 Å². The number of piperidine rings is 1. The van der Waals surface area contributed by atoms with Gasteiger partial charge in [0.2, 0.25) is 11.8 Å². The molecule has 2 fully saturated rings. The van der Waals surface area contributed by atoms with E-state index in [9.17, 15) is 14.4 Å². The first-order chi connectivity index (χ1) is 12.1. The second-order valence-electron chi connectivity index (χ2n) is 7.19. The van der Waals surface area contributed by atoms with Crippen molar-refractivity contribution in [2.24, 2.45) is 0 Å². The zero-order valence-corrected chi connectivity index (χ0v) is 14.2. The van der Waals surface area contributed by atoms with Crippen molar-refractivity contribution in [1.82, 2.24) is 15.5 Å². The van der Waals surface area contributed by atoms with Crippen LogP contribution in [0, 0.1) is 0 Å². The van der Waals surface area contributed by atoms with Crippen molar-refractivity contribution in [1.29, 1.82) is 0 Å². The SMILES string of the molecule is O=C1CCC(N2Cc3cc([C@H]4CCCNCC4)ccc3C2=O)C(=O)N1. The number of nitrogens with one attached hydrogen (secondary N) is 2. The van der Waals surface area contributed by atoms with E-state index in [1.165, 1.54) is 12.0 Å². The first-order valence-corrected chi connectivity index (χ1v) is 9.11. The smallest absolute Gasteiger partial charge is 0.255 e. The second-order valence-corrected chi connectivity index (χ2v) is 7.19. The van der Waals surface area contributed by atoms with E-state index in [1.54, 1.807) is 4.90 Å². The highest BCUT2D eigenvalue weighted by molar-refractivity contribution is 6.05. The molecule has 0 saturated carbocycles. The molecule has 0 aromatic heterocycles. The molecule has 1 aromatic rings. The van der Waals surface area contributed by atoms with Gasteiger partial charge in [0.05, 0.1) is 0 Å². The van der Waals surface area contributed by atoms with Gasteiger partial charge in [-0.25, -0.2) is 0 Å². The van der Waals surface area contributed by atoms with Gasteiger partial charge in [-0.1, -0.05) is 12.1 Å². The van der Waals surface area contributed by atoms with Crippen LogP contribution in [0.1, 0.15) is 59.5 Å². The summed E-state index contributed by atoms with van der Waals surface area (Å²) in [6, 6.07) is 5.59. The first kappa shape index (κ1) is 16.3. The van der Waals surface area contributed by atoms with E-state index in [4.69, 9.17) is 0 Å². The van der Waals surface area contributed by atoms with E-state index in [0.29, 0.717) is 24.4 Å². The normalized spacial score (nSPS) is 27.0. The summed E-state index contributed by atoms with van der Waals surface area (Å²) in [5.74, 6) is -0.180. The van der Waals surface area contributed by atoms with Crippen LogP contribution in [0.25, 0.3) is 0 Å². The van der Waals surface area contributed by atoms with Gasteiger partial charge in [0, 0.05) is 18.5 Å². The van der Waals surface area contributed by atoms with Gasteiger partial charge in [0.25, 0.3) is 5.91 Å². The number of carbonyl (C=O) groups is 3. The number of fused-ring (bicyclic) bond motifs is 1.